The molecule has 27 heavy (non-hydrogen) atoms. The van der Waals surface area contributed by atoms with Gasteiger partial charge in [0.15, 0.2) is 0 Å². The second kappa shape index (κ2) is 7.71. The van der Waals surface area contributed by atoms with Gasteiger partial charge in [-0.15, -0.1) is 5.10 Å². The van der Waals surface area contributed by atoms with E-state index >= 15 is 0 Å². The lowest BCUT2D eigenvalue weighted by atomic mass is 10.0. The van der Waals surface area contributed by atoms with Gasteiger partial charge < -0.3 is 10.6 Å². The first kappa shape index (κ1) is 17.4. The molecule has 1 aliphatic heterocycles. The van der Waals surface area contributed by atoms with Crippen molar-refractivity contribution in [2.24, 2.45) is 5.73 Å². The number of likely N-dealkylation sites (tertiary alicyclic amines) is 1. The molecule has 0 unspecified atom stereocenters. The van der Waals surface area contributed by atoms with E-state index < -0.39 is 0 Å². The number of nitrogens with zero attached hydrogens (tertiary/aromatic N) is 6. The smallest absolute Gasteiger partial charge is 0.257 e. The van der Waals surface area contributed by atoms with Crippen molar-refractivity contribution in [3.63, 3.8) is 0 Å². The van der Waals surface area contributed by atoms with Gasteiger partial charge >= 0.3 is 0 Å². The molecule has 0 aliphatic carbocycles. The van der Waals surface area contributed by atoms with Crippen LogP contribution in [0.15, 0.2) is 48.9 Å². The van der Waals surface area contributed by atoms with Gasteiger partial charge in [-0.2, -0.15) is 5.10 Å². The van der Waals surface area contributed by atoms with Crippen molar-refractivity contribution in [2.45, 2.75) is 32.0 Å². The van der Waals surface area contributed by atoms with Crippen LogP contribution in [0.2, 0.25) is 0 Å². The standard InChI is InChI=1S/C19H23N7O/c20-10-17-14-26(23-22-17)18-6-8-24(9-7-18)19(27)16-11-21-25(13-16)12-15-4-2-1-3-5-15/h1-5,11,13-14,18H,6-10,12,20H2. The Kier molecular flexibility index (Phi) is 4.97. The zero-order valence-electron chi connectivity index (χ0n) is 15.1. The highest BCUT2D eigenvalue weighted by molar-refractivity contribution is 5.93. The van der Waals surface area contributed by atoms with Crippen molar-refractivity contribution in [1.82, 2.24) is 29.7 Å². The SMILES string of the molecule is NCc1cn(C2CCN(C(=O)c3cnn(Cc4ccccc4)c3)CC2)nn1. The molecule has 0 atom stereocenters. The minimum Gasteiger partial charge on any atom is -0.338 e. The number of nitrogens with two attached hydrogens (primary N) is 1. The molecule has 2 aromatic heterocycles. The van der Waals surface area contributed by atoms with E-state index in [1.54, 1.807) is 10.9 Å². The van der Waals surface area contributed by atoms with Crippen LogP contribution < -0.4 is 5.73 Å². The van der Waals surface area contributed by atoms with Crippen LogP contribution in [-0.2, 0) is 13.1 Å². The van der Waals surface area contributed by atoms with E-state index in [0.717, 1.165) is 24.1 Å². The summed E-state index contributed by atoms with van der Waals surface area (Å²) in [5, 5.41) is 12.5. The second-order valence-corrected chi connectivity index (χ2v) is 6.83. The monoisotopic (exact) mass is 365 g/mol. The number of carbonyl (C=O) groups excluding carboxylic acids is 1. The average molecular weight is 365 g/mol. The van der Waals surface area contributed by atoms with E-state index in [-0.39, 0.29) is 11.9 Å². The van der Waals surface area contributed by atoms with E-state index in [4.69, 9.17) is 5.73 Å². The van der Waals surface area contributed by atoms with Crippen LogP contribution in [0.25, 0.3) is 0 Å². The fourth-order valence-corrected chi connectivity index (χ4v) is 3.43. The van der Waals surface area contributed by atoms with E-state index in [2.05, 4.69) is 15.4 Å². The third-order valence-electron chi connectivity index (χ3n) is 4.96. The Hall–Kier alpha value is -3.00. The Morgan fingerprint density at radius 1 is 1.15 bits per heavy atom. The van der Waals surface area contributed by atoms with Crippen molar-refractivity contribution in [2.75, 3.05) is 13.1 Å². The molecule has 3 heterocycles. The summed E-state index contributed by atoms with van der Waals surface area (Å²) < 4.78 is 3.68. The number of rotatable bonds is 5. The summed E-state index contributed by atoms with van der Waals surface area (Å²) >= 11 is 0. The molecule has 1 saturated heterocycles. The van der Waals surface area contributed by atoms with Gasteiger partial charge in [-0.25, -0.2) is 4.68 Å². The lowest BCUT2D eigenvalue weighted by molar-refractivity contribution is 0.0689. The molecular formula is C19H23N7O. The molecule has 4 rings (SSSR count). The fraction of sp³-hybridized carbons (Fsp3) is 0.368. The Morgan fingerprint density at radius 2 is 1.93 bits per heavy atom. The molecule has 8 heteroatoms. The molecular weight excluding hydrogens is 342 g/mol. The normalized spacial score (nSPS) is 15.2. The maximum atomic E-state index is 12.8. The molecule has 3 aromatic rings. The second-order valence-electron chi connectivity index (χ2n) is 6.83. The van der Waals surface area contributed by atoms with Crippen molar-refractivity contribution in [1.29, 1.82) is 0 Å². The maximum Gasteiger partial charge on any atom is 0.257 e. The van der Waals surface area contributed by atoms with Crippen LogP contribution in [0.1, 0.15) is 40.5 Å². The third kappa shape index (κ3) is 3.90. The minimum atomic E-state index is 0.0361. The number of hydrogen-bond acceptors (Lipinski definition) is 5. The van der Waals surface area contributed by atoms with E-state index in [1.807, 2.05) is 52.3 Å². The number of hydrogen-bond donors (Lipinski definition) is 1. The summed E-state index contributed by atoms with van der Waals surface area (Å²) in [5.41, 5.74) is 8.18. The van der Waals surface area contributed by atoms with E-state index in [1.165, 1.54) is 0 Å². The summed E-state index contributed by atoms with van der Waals surface area (Å²) in [6.45, 7) is 2.45. The van der Waals surface area contributed by atoms with Gasteiger partial charge in [-0.05, 0) is 18.4 Å². The summed E-state index contributed by atoms with van der Waals surface area (Å²) in [5.74, 6) is 0.0361. The molecule has 8 nitrogen and oxygen atoms in total. The Bertz CT molecular complexity index is 894. The van der Waals surface area contributed by atoms with Gasteiger partial charge in [0.25, 0.3) is 5.91 Å². The van der Waals surface area contributed by atoms with Gasteiger partial charge in [0.1, 0.15) is 0 Å². The van der Waals surface area contributed by atoms with Crippen LogP contribution in [0.5, 0.6) is 0 Å². The summed E-state index contributed by atoms with van der Waals surface area (Å²) in [6.07, 6.45) is 7.10. The number of benzene rings is 1. The molecule has 0 radical (unpaired) electrons. The van der Waals surface area contributed by atoms with Gasteiger partial charge in [0, 0.05) is 25.8 Å². The molecule has 140 valence electrons. The Labute approximate surface area is 157 Å². The lowest BCUT2D eigenvalue weighted by Gasteiger charge is -2.31. The molecule has 1 aliphatic rings. The van der Waals surface area contributed by atoms with Crippen LogP contribution >= 0.6 is 0 Å². The topological polar surface area (TPSA) is 94.9 Å². The molecule has 2 N–H and O–H groups in total. The maximum absolute atomic E-state index is 12.8. The zero-order valence-corrected chi connectivity index (χ0v) is 15.1. The first-order chi connectivity index (χ1) is 13.2. The lowest BCUT2D eigenvalue weighted by Crippen LogP contribution is -2.39. The molecule has 1 amide bonds. The largest absolute Gasteiger partial charge is 0.338 e. The van der Waals surface area contributed by atoms with Gasteiger partial charge in [-0.1, -0.05) is 35.5 Å². The summed E-state index contributed by atoms with van der Waals surface area (Å²) in [7, 11) is 0. The van der Waals surface area contributed by atoms with Crippen LogP contribution in [0.3, 0.4) is 0 Å². The van der Waals surface area contributed by atoms with Crippen LogP contribution in [-0.4, -0.2) is 48.7 Å². The van der Waals surface area contributed by atoms with Gasteiger partial charge in [-0.3, -0.25) is 9.48 Å². The number of carbonyl (C=O) groups is 1. The van der Waals surface area contributed by atoms with Crippen molar-refractivity contribution >= 4 is 5.91 Å². The van der Waals surface area contributed by atoms with E-state index in [9.17, 15) is 4.79 Å². The van der Waals surface area contributed by atoms with Crippen molar-refractivity contribution in [3.05, 3.63) is 65.7 Å². The Morgan fingerprint density at radius 3 is 2.63 bits per heavy atom. The zero-order chi connectivity index (χ0) is 18.6. The number of piperidine rings is 1. The van der Waals surface area contributed by atoms with E-state index in [0.29, 0.717) is 31.7 Å². The molecule has 0 saturated carbocycles. The number of amides is 1. The molecule has 0 bridgehead atoms. The van der Waals surface area contributed by atoms with Crippen molar-refractivity contribution < 1.29 is 4.79 Å². The van der Waals surface area contributed by atoms with Crippen LogP contribution in [0, 0.1) is 0 Å². The first-order valence-electron chi connectivity index (χ1n) is 9.19. The van der Waals surface area contributed by atoms with Gasteiger partial charge in [0.05, 0.1) is 36.2 Å². The highest BCUT2D eigenvalue weighted by Gasteiger charge is 2.26. The quantitative estimate of drug-likeness (QED) is 0.739. The highest BCUT2D eigenvalue weighted by atomic mass is 16.2. The predicted molar refractivity (Wildman–Crippen MR) is 99.9 cm³/mol. The molecule has 1 fully saturated rings. The van der Waals surface area contributed by atoms with Crippen molar-refractivity contribution in [3.8, 4) is 0 Å². The number of aromatic nitrogens is 5. The summed E-state index contributed by atoms with van der Waals surface area (Å²) in [4.78, 5) is 14.7. The highest BCUT2D eigenvalue weighted by Crippen LogP contribution is 2.23. The predicted octanol–water partition coefficient (Wildman–Crippen LogP) is 1.46. The average Bonchev–Trinajstić information content (AvgIpc) is 3.38. The Balaban J connectivity index is 1.35. The molecule has 1 aromatic carbocycles. The minimum absolute atomic E-state index is 0.0361. The van der Waals surface area contributed by atoms with Crippen LogP contribution in [0.4, 0.5) is 0 Å². The molecule has 0 spiro atoms. The third-order valence-corrected chi connectivity index (χ3v) is 4.96. The first-order valence-corrected chi connectivity index (χ1v) is 9.19. The fourth-order valence-electron chi connectivity index (χ4n) is 3.43. The van der Waals surface area contributed by atoms with Gasteiger partial charge in [0.2, 0.25) is 0 Å². The summed E-state index contributed by atoms with van der Waals surface area (Å²) in [6, 6.07) is 10.4.